The van der Waals surface area contributed by atoms with Crippen molar-refractivity contribution in [3.8, 4) is 5.75 Å². The molecule has 0 bridgehead atoms. The number of imidazole rings is 1. The molecule has 0 saturated heterocycles. The van der Waals surface area contributed by atoms with Crippen LogP contribution in [0, 0.1) is 0 Å². The zero-order valence-corrected chi connectivity index (χ0v) is 10.5. The van der Waals surface area contributed by atoms with E-state index in [2.05, 4.69) is 15.3 Å². The zero-order chi connectivity index (χ0) is 13.0. The first-order valence-corrected chi connectivity index (χ1v) is 5.67. The molecule has 1 amide bonds. The van der Waals surface area contributed by atoms with Gasteiger partial charge < -0.3 is 15.0 Å². The van der Waals surface area contributed by atoms with Crippen LogP contribution < -0.4 is 10.1 Å². The van der Waals surface area contributed by atoms with Crippen molar-refractivity contribution in [3.05, 3.63) is 47.0 Å². The molecular formula is C12H12ClN3O2. The molecule has 0 atom stereocenters. The van der Waals surface area contributed by atoms with Crippen molar-refractivity contribution in [1.29, 1.82) is 0 Å². The average Bonchev–Trinajstić information content (AvgIpc) is 2.89. The van der Waals surface area contributed by atoms with Gasteiger partial charge in [0.05, 0.1) is 31.2 Å². The first-order valence-electron chi connectivity index (χ1n) is 5.29. The maximum Gasteiger partial charge on any atom is 0.255 e. The largest absolute Gasteiger partial charge is 0.496 e. The lowest BCUT2D eigenvalue weighted by atomic mass is 10.2. The van der Waals surface area contributed by atoms with Crippen LogP contribution in [0.25, 0.3) is 0 Å². The minimum absolute atomic E-state index is 0.246. The summed E-state index contributed by atoms with van der Waals surface area (Å²) < 4.78 is 5.12. The predicted octanol–water partition coefficient (Wildman–Crippen LogP) is 2.00. The summed E-state index contributed by atoms with van der Waals surface area (Å²) in [5.74, 6) is 0.241. The van der Waals surface area contributed by atoms with E-state index in [1.165, 1.54) is 7.11 Å². The lowest BCUT2D eigenvalue weighted by Crippen LogP contribution is -2.23. The number of halogens is 1. The molecule has 0 aliphatic carbocycles. The number of benzene rings is 1. The Balaban J connectivity index is 2.10. The highest BCUT2D eigenvalue weighted by atomic mass is 35.5. The Morgan fingerprint density at radius 3 is 3.06 bits per heavy atom. The van der Waals surface area contributed by atoms with E-state index in [-0.39, 0.29) is 5.91 Å². The molecule has 2 aromatic rings. The van der Waals surface area contributed by atoms with Crippen molar-refractivity contribution in [2.45, 2.75) is 6.54 Å². The summed E-state index contributed by atoms with van der Waals surface area (Å²) in [6.45, 7) is 0.370. The molecule has 5 nitrogen and oxygen atoms in total. The van der Waals surface area contributed by atoms with Gasteiger partial charge in [0.15, 0.2) is 0 Å². The van der Waals surface area contributed by atoms with Crippen molar-refractivity contribution in [1.82, 2.24) is 15.3 Å². The fraction of sp³-hybridized carbons (Fsp3) is 0.167. The van der Waals surface area contributed by atoms with Crippen molar-refractivity contribution in [3.63, 3.8) is 0 Å². The number of aromatic amines is 1. The number of methoxy groups -OCH3 is 1. The highest BCUT2D eigenvalue weighted by Crippen LogP contribution is 2.22. The first-order chi connectivity index (χ1) is 8.70. The lowest BCUT2D eigenvalue weighted by Gasteiger charge is -2.09. The lowest BCUT2D eigenvalue weighted by molar-refractivity contribution is 0.0947. The second-order valence-corrected chi connectivity index (χ2v) is 4.04. The molecule has 6 heteroatoms. The zero-order valence-electron chi connectivity index (χ0n) is 9.74. The Kier molecular flexibility index (Phi) is 3.84. The van der Waals surface area contributed by atoms with Crippen LogP contribution in [0.15, 0.2) is 30.7 Å². The molecule has 1 heterocycles. The van der Waals surface area contributed by atoms with E-state index < -0.39 is 0 Å². The predicted molar refractivity (Wildman–Crippen MR) is 67.8 cm³/mol. The summed E-state index contributed by atoms with van der Waals surface area (Å²) in [5.41, 5.74) is 1.23. The molecule has 1 aromatic heterocycles. The first kappa shape index (κ1) is 12.4. The molecule has 18 heavy (non-hydrogen) atoms. The van der Waals surface area contributed by atoms with Crippen LogP contribution in [0.3, 0.4) is 0 Å². The number of carbonyl (C=O) groups excluding carboxylic acids is 1. The van der Waals surface area contributed by atoms with E-state index in [9.17, 15) is 4.79 Å². The molecule has 1 aromatic carbocycles. The number of rotatable bonds is 4. The minimum atomic E-state index is -0.246. The van der Waals surface area contributed by atoms with Gasteiger partial charge in [-0.2, -0.15) is 0 Å². The van der Waals surface area contributed by atoms with Crippen molar-refractivity contribution >= 4 is 17.5 Å². The van der Waals surface area contributed by atoms with Crippen LogP contribution in [0.5, 0.6) is 5.75 Å². The van der Waals surface area contributed by atoms with E-state index in [1.807, 2.05) is 0 Å². The van der Waals surface area contributed by atoms with E-state index >= 15 is 0 Å². The van der Waals surface area contributed by atoms with Crippen LogP contribution >= 0.6 is 11.6 Å². The van der Waals surface area contributed by atoms with Gasteiger partial charge in [-0.25, -0.2) is 4.98 Å². The normalized spacial score (nSPS) is 10.1. The van der Waals surface area contributed by atoms with Crippen LogP contribution in [-0.2, 0) is 6.54 Å². The molecule has 0 spiro atoms. The van der Waals surface area contributed by atoms with Crippen molar-refractivity contribution in [2.75, 3.05) is 7.11 Å². The Morgan fingerprint density at radius 1 is 1.56 bits per heavy atom. The number of amides is 1. The smallest absolute Gasteiger partial charge is 0.255 e. The molecule has 0 unspecified atom stereocenters. The monoisotopic (exact) mass is 265 g/mol. The highest BCUT2D eigenvalue weighted by Gasteiger charge is 2.12. The molecule has 2 rings (SSSR count). The quantitative estimate of drug-likeness (QED) is 0.889. The standard InChI is InChI=1S/C12H12ClN3O2/c1-18-11-3-2-8(13)4-10(11)12(17)15-6-9-5-14-7-16-9/h2-5,7H,6H2,1H3,(H,14,16)(H,15,17). The third-order valence-electron chi connectivity index (χ3n) is 2.40. The molecule has 0 fully saturated rings. The SMILES string of the molecule is COc1ccc(Cl)cc1C(=O)NCc1cnc[nH]1. The fourth-order valence-corrected chi connectivity index (χ4v) is 1.68. The average molecular weight is 266 g/mol. The van der Waals surface area contributed by atoms with Gasteiger partial charge in [0.25, 0.3) is 5.91 Å². The van der Waals surface area contributed by atoms with Crippen molar-refractivity contribution < 1.29 is 9.53 Å². The van der Waals surface area contributed by atoms with Crippen LogP contribution in [-0.4, -0.2) is 23.0 Å². The van der Waals surface area contributed by atoms with Gasteiger partial charge in [-0.3, -0.25) is 4.79 Å². The molecule has 94 valence electrons. The maximum atomic E-state index is 12.0. The molecule has 0 aliphatic heterocycles. The van der Waals surface area contributed by atoms with Gasteiger partial charge in [0.2, 0.25) is 0 Å². The minimum Gasteiger partial charge on any atom is -0.496 e. The Labute approximate surface area is 109 Å². The number of hydrogen-bond donors (Lipinski definition) is 2. The van der Waals surface area contributed by atoms with E-state index in [0.29, 0.717) is 22.9 Å². The van der Waals surface area contributed by atoms with E-state index in [1.54, 1.807) is 30.7 Å². The van der Waals surface area contributed by atoms with E-state index in [0.717, 1.165) is 5.69 Å². The van der Waals surface area contributed by atoms with Gasteiger partial charge in [-0.1, -0.05) is 11.6 Å². The fourth-order valence-electron chi connectivity index (χ4n) is 1.51. The summed E-state index contributed by atoms with van der Waals surface area (Å²) >= 11 is 5.87. The second-order valence-electron chi connectivity index (χ2n) is 3.60. The molecular weight excluding hydrogens is 254 g/mol. The highest BCUT2D eigenvalue weighted by molar-refractivity contribution is 6.31. The Bertz CT molecular complexity index is 540. The molecule has 0 aliphatic rings. The molecule has 2 N–H and O–H groups in total. The summed E-state index contributed by atoms with van der Waals surface area (Å²) in [6, 6.07) is 4.90. The third-order valence-corrected chi connectivity index (χ3v) is 2.64. The van der Waals surface area contributed by atoms with Gasteiger partial charge in [0.1, 0.15) is 5.75 Å². The maximum absolute atomic E-state index is 12.0. The third kappa shape index (κ3) is 2.81. The van der Waals surface area contributed by atoms with Gasteiger partial charge in [0, 0.05) is 11.2 Å². The second kappa shape index (κ2) is 5.55. The van der Waals surface area contributed by atoms with Gasteiger partial charge in [-0.05, 0) is 18.2 Å². The van der Waals surface area contributed by atoms with Crippen LogP contribution in [0.2, 0.25) is 5.02 Å². The van der Waals surface area contributed by atoms with E-state index in [4.69, 9.17) is 16.3 Å². The Morgan fingerprint density at radius 2 is 2.39 bits per heavy atom. The Hall–Kier alpha value is -2.01. The van der Waals surface area contributed by atoms with Crippen LogP contribution in [0.1, 0.15) is 16.1 Å². The van der Waals surface area contributed by atoms with Crippen LogP contribution in [0.4, 0.5) is 0 Å². The number of aromatic nitrogens is 2. The summed E-state index contributed by atoms with van der Waals surface area (Å²) in [4.78, 5) is 18.8. The summed E-state index contributed by atoms with van der Waals surface area (Å²) in [7, 11) is 1.51. The number of ether oxygens (including phenoxy) is 1. The van der Waals surface area contributed by atoms with Gasteiger partial charge >= 0.3 is 0 Å². The summed E-state index contributed by atoms with van der Waals surface area (Å²) in [5, 5.41) is 3.24. The van der Waals surface area contributed by atoms with Gasteiger partial charge in [-0.15, -0.1) is 0 Å². The number of hydrogen-bond acceptors (Lipinski definition) is 3. The summed E-state index contributed by atoms with van der Waals surface area (Å²) in [6.07, 6.45) is 3.21. The number of H-pyrrole nitrogens is 1. The topological polar surface area (TPSA) is 67.0 Å². The number of carbonyl (C=O) groups is 1. The number of nitrogens with zero attached hydrogens (tertiary/aromatic N) is 1. The molecule has 0 saturated carbocycles. The number of nitrogens with one attached hydrogen (secondary N) is 2. The molecule has 0 radical (unpaired) electrons. The van der Waals surface area contributed by atoms with Crippen molar-refractivity contribution in [2.24, 2.45) is 0 Å².